The zero-order valence-corrected chi connectivity index (χ0v) is 34.9. The molecule has 2 heterocycles. The van der Waals surface area contributed by atoms with Crippen LogP contribution in [0.2, 0.25) is 0 Å². The van der Waals surface area contributed by atoms with Gasteiger partial charge in [-0.3, -0.25) is 33.6 Å². The fourth-order valence-electron chi connectivity index (χ4n) is 6.71. The van der Waals surface area contributed by atoms with Crippen LogP contribution in [0.3, 0.4) is 0 Å². The molecule has 1 aromatic heterocycles. The second-order valence-corrected chi connectivity index (χ2v) is 15.7. The van der Waals surface area contributed by atoms with Crippen molar-refractivity contribution < 1.29 is 58.8 Å². The number of aliphatic hydroxyl groups excluding tert-OH is 1. The molecule has 0 aliphatic carbocycles. The minimum Gasteiger partial charge on any atom is -0.508 e. The highest BCUT2D eigenvalue weighted by atomic mass is 16.4. The second kappa shape index (κ2) is 23.1. The number of aromatic amines is 1. The van der Waals surface area contributed by atoms with E-state index in [1.165, 1.54) is 48.6 Å². The molecule has 1 aliphatic rings. The number of carboxylic acid groups (broad SMARTS) is 2. The van der Waals surface area contributed by atoms with Crippen molar-refractivity contribution in [2.45, 2.75) is 128 Å². The minimum atomic E-state index is -1.60. The lowest BCUT2D eigenvalue weighted by molar-refractivity contribution is -0.144. The molecule has 61 heavy (non-hydrogen) atoms. The van der Waals surface area contributed by atoms with Crippen molar-refractivity contribution in [3.05, 3.63) is 48.0 Å². The van der Waals surface area contributed by atoms with Crippen LogP contribution in [0.25, 0.3) is 0 Å². The maximum atomic E-state index is 14.2. The molecular weight excluding hydrogens is 798 g/mol. The number of nitrogens with zero attached hydrogens (tertiary/aromatic N) is 2. The van der Waals surface area contributed by atoms with Crippen LogP contribution in [-0.4, -0.2) is 138 Å². The van der Waals surface area contributed by atoms with Gasteiger partial charge in [-0.2, -0.15) is 0 Å². The molecular formula is C40H59N9O12. The molecule has 6 amide bonds. The number of aromatic nitrogens is 2. The lowest BCUT2D eigenvalue weighted by Gasteiger charge is -2.31. The molecule has 21 heteroatoms. The van der Waals surface area contributed by atoms with E-state index in [9.17, 15) is 53.7 Å². The molecule has 1 saturated heterocycles. The van der Waals surface area contributed by atoms with E-state index in [0.29, 0.717) is 24.1 Å². The number of hydrogen-bond acceptors (Lipinski definition) is 12. The highest BCUT2D eigenvalue weighted by Gasteiger charge is 2.41. The Hall–Kier alpha value is -6.09. The zero-order chi connectivity index (χ0) is 45.6. The Balaban J connectivity index is 1.88. The molecule has 21 nitrogen and oxygen atoms in total. The molecule has 0 radical (unpaired) electrons. The van der Waals surface area contributed by atoms with Gasteiger partial charge in [0.15, 0.2) is 0 Å². The van der Waals surface area contributed by atoms with Gasteiger partial charge in [0, 0.05) is 37.7 Å². The average molecular weight is 858 g/mol. The number of nitrogens with two attached hydrogens (primary N) is 1. The van der Waals surface area contributed by atoms with Crippen LogP contribution < -0.4 is 32.3 Å². The molecule has 1 aromatic carbocycles. The third-order valence-electron chi connectivity index (χ3n) is 10.5. The quantitative estimate of drug-likeness (QED) is 0.0618. The Labute approximate surface area is 353 Å². The summed E-state index contributed by atoms with van der Waals surface area (Å²) in [7, 11) is 0. The fourth-order valence-corrected chi connectivity index (χ4v) is 6.71. The lowest BCUT2D eigenvalue weighted by Crippen LogP contribution is -2.62. The van der Waals surface area contributed by atoms with E-state index in [2.05, 4.69) is 36.6 Å². The number of phenolic OH excluding ortho intramolecular Hbond substituents is 1. The molecule has 0 saturated carbocycles. The third kappa shape index (κ3) is 14.6. The number of carbonyl (C=O) groups excluding carboxylic acids is 6. The molecule has 12 N–H and O–H groups in total. The molecule has 1 aliphatic heterocycles. The number of imidazole rings is 1. The highest BCUT2D eigenvalue weighted by Crippen LogP contribution is 2.21. The predicted molar refractivity (Wildman–Crippen MR) is 217 cm³/mol. The monoisotopic (exact) mass is 857 g/mol. The van der Waals surface area contributed by atoms with Crippen molar-refractivity contribution in [2.75, 3.05) is 6.54 Å². The zero-order valence-electron chi connectivity index (χ0n) is 34.9. The number of nitrogens with one attached hydrogen (secondary N) is 6. The SMILES string of the molecule is CC[C@H](C)[C@H](NC(=O)[C@H](Cc1ccc(O)cc1)NC(=O)[C@@H]1CCCN1C(=O)[C@H](Cc1cnc[nH]1)NC(=O)[C@@H](N)CCC(=O)O)C(=O)N[C@H](C(=O)N[C@H](C(=O)O)C(C)C)[C@@H](C)O. The Morgan fingerprint density at radius 3 is 2.02 bits per heavy atom. The van der Waals surface area contributed by atoms with Gasteiger partial charge in [0.25, 0.3) is 0 Å². The number of benzene rings is 1. The van der Waals surface area contributed by atoms with Crippen LogP contribution in [0.5, 0.6) is 5.75 Å². The van der Waals surface area contributed by atoms with Gasteiger partial charge in [0.05, 0.1) is 18.5 Å². The molecule has 2 aromatic rings. The largest absolute Gasteiger partial charge is 0.508 e. The number of H-pyrrole nitrogens is 1. The number of likely N-dealkylation sites (tertiary alicyclic amines) is 1. The first-order chi connectivity index (χ1) is 28.7. The lowest BCUT2D eigenvalue weighted by atomic mass is 9.96. The second-order valence-electron chi connectivity index (χ2n) is 15.7. The van der Waals surface area contributed by atoms with E-state index in [4.69, 9.17) is 10.8 Å². The summed E-state index contributed by atoms with van der Waals surface area (Å²) < 4.78 is 0. The molecule has 9 atom stereocenters. The summed E-state index contributed by atoms with van der Waals surface area (Å²) in [5.41, 5.74) is 6.91. The Bertz CT molecular complexity index is 1840. The Morgan fingerprint density at radius 1 is 0.836 bits per heavy atom. The number of hydrogen-bond donors (Lipinski definition) is 11. The van der Waals surface area contributed by atoms with Crippen LogP contribution in [0.15, 0.2) is 36.8 Å². The van der Waals surface area contributed by atoms with Crippen molar-refractivity contribution in [1.82, 2.24) is 41.5 Å². The van der Waals surface area contributed by atoms with Gasteiger partial charge in [-0.15, -0.1) is 0 Å². The number of carboxylic acids is 2. The predicted octanol–water partition coefficient (Wildman–Crippen LogP) is -1.32. The molecule has 0 spiro atoms. The summed E-state index contributed by atoms with van der Waals surface area (Å²) in [5.74, 6) is -8.38. The Morgan fingerprint density at radius 2 is 1.46 bits per heavy atom. The van der Waals surface area contributed by atoms with Gasteiger partial charge in [0.2, 0.25) is 35.4 Å². The van der Waals surface area contributed by atoms with Crippen LogP contribution in [0.1, 0.15) is 78.0 Å². The first-order valence-electron chi connectivity index (χ1n) is 20.2. The average Bonchev–Trinajstić information content (AvgIpc) is 3.92. The summed E-state index contributed by atoms with van der Waals surface area (Å²) in [6, 6.07) is -3.35. The maximum Gasteiger partial charge on any atom is 0.326 e. The van der Waals surface area contributed by atoms with Gasteiger partial charge in [-0.05, 0) is 55.7 Å². The van der Waals surface area contributed by atoms with Crippen molar-refractivity contribution >= 4 is 47.4 Å². The van der Waals surface area contributed by atoms with Crippen molar-refractivity contribution in [2.24, 2.45) is 17.6 Å². The summed E-state index contributed by atoms with van der Waals surface area (Å²) in [4.78, 5) is 113. The summed E-state index contributed by atoms with van der Waals surface area (Å²) in [6.07, 6.45) is 1.52. The van der Waals surface area contributed by atoms with Crippen LogP contribution >= 0.6 is 0 Å². The number of phenols is 1. The van der Waals surface area contributed by atoms with Gasteiger partial charge in [-0.25, -0.2) is 9.78 Å². The summed E-state index contributed by atoms with van der Waals surface area (Å²) in [5, 5.41) is 51.7. The molecule has 0 bridgehead atoms. The van der Waals surface area contributed by atoms with Gasteiger partial charge in [0.1, 0.15) is 42.0 Å². The molecule has 1 fully saturated rings. The molecule has 0 unspecified atom stereocenters. The number of amides is 6. The van der Waals surface area contributed by atoms with E-state index in [1.54, 1.807) is 27.7 Å². The van der Waals surface area contributed by atoms with Gasteiger partial charge < -0.3 is 62.6 Å². The molecule has 3 rings (SSSR count). The van der Waals surface area contributed by atoms with E-state index < -0.39 is 108 Å². The standard InChI is InChI=1S/C40H59N9O12/c1-6-21(4)32(37(57)48-33(22(5)50)38(58)46-31(20(2)3)40(60)61)47-35(55)27(16-23-9-11-25(51)12-10-23)44-36(56)29-8-7-15-49(29)39(59)28(17-24-18-42-19-43-24)45-34(54)26(41)13-14-30(52)53/h9-12,18-22,26-29,31-33,50-51H,6-8,13-17,41H2,1-5H3,(H,42,43)(H,44,56)(H,45,54)(H,46,58)(H,47,55)(H,48,57)(H,52,53)(H,60,61)/t21-,22+,26-,27-,28-,29-,31-,32-,33-/m0/s1. The minimum absolute atomic E-state index is 0.0539. The van der Waals surface area contributed by atoms with E-state index >= 15 is 0 Å². The van der Waals surface area contributed by atoms with Crippen molar-refractivity contribution in [3.63, 3.8) is 0 Å². The summed E-state index contributed by atoms with van der Waals surface area (Å²) >= 11 is 0. The number of carbonyl (C=O) groups is 8. The van der Waals surface area contributed by atoms with E-state index in [-0.39, 0.29) is 44.4 Å². The molecule has 336 valence electrons. The Kier molecular flexibility index (Phi) is 18.6. The van der Waals surface area contributed by atoms with Crippen molar-refractivity contribution in [3.8, 4) is 5.75 Å². The topological polar surface area (TPSA) is 336 Å². The van der Waals surface area contributed by atoms with Crippen LogP contribution in [0.4, 0.5) is 0 Å². The smallest absolute Gasteiger partial charge is 0.326 e. The fraction of sp³-hybridized carbons (Fsp3) is 0.575. The number of aliphatic carboxylic acids is 2. The van der Waals surface area contributed by atoms with Crippen molar-refractivity contribution in [1.29, 1.82) is 0 Å². The van der Waals surface area contributed by atoms with Gasteiger partial charge >= 0.3 is 11.9 Å². The third-order valence-corrected chi connectivity index (χ3v) is 10.5. The van der Waals surface area contributed by atoms with Crippen LogP contribution in [0, 0.1) is 11.8 Å². The number of aromatic hydroxyl groups is 1. The van der Waals surface area contributed by atoms with E-state index in [0.717, 1.165) is 0 Å². The van der Waals surface area contributed by atoms with Gasteiger partial charge in [-0.1, -0.05) is 46.2 Å². The normalized spacial score (nSPS) is 17.7. The number of aliphatic hydroxyl groups is 1. The first kappa shape index (κ1) is 49.3. The first-order valence-corrected chi connectivity index (χ1v) is 20.2. The number of rotatable bonds is 23. The maximum absolute atomic E-state index is 14.2. The van der Waals surface area contributed by atoms with Crippen LogP contribution in [-0.2, 0) is 51.2 Å². The summed E-state index contributed by atoms with van der Waals surface area (Å²) in [6.45, 7) is 7.91. The highest BCUT2D eigenvalue weighted by molar-refractivity contribution is 5.97. The van der Waals surface area contributed by atoms with E-state index in [1.807, 2.05) is 0 Å².